The third-order valence-corrected chi connectivity index (χ3v) is 4.51. The average Bonchev–Trinajstić information content (AvgIpc) is 3.15. The first-order valence-corrected chi connectivity index (χ1v) is 8.31. The number of ether oxygens (including phenoxy) is 1. The van der Waals surface area contributed by atoms with Crippen LogP contribution in [0.2, 0.25) is 0 Å². The van der Waals surface area contributed by atoms with Crippen molar-refractivity contribution in [3.05, 3.63) is 77.8 Å². The normalized spacial score (nSPS) is 15.1. The molecule has 1 fully saturated rings. The van der Waals surface area contributed by atoms with Crippen LogP contribution in [-0.4, -0.2) is 4.98 Å². The van der Waals surface area contributed by atoms with Crippen LogP contribution in [0.1, 0.15) is 36.9 Å². The summed E-state index contributed by atoms with van der Waals surface area (Å²) in [7, 11) is 0. The lowest BCUT2D eigenvalue weighted by Crippen LogP contribution is -1.99. The minimum absolute atomic E-state index is 0.501. The maximum absolute atomic E-state index is 5.89. The third-order valence-electron chi connectivity index (χ3n) is 4.51. The highest BCUT2D eigenvalue weighted by molar-refractivity contribution is 5.78. The molecule has 0 N–H and O–H groups in total. The van der Waals surface area contributed by atoms with Crippen molar-refractivity contribution in [1.29, 1.82) is 0 Å². The van der Waals surface area contributed by atoms with E-state index in [9.17, 15) is 0 Å². The van der Waals surface area contributed by atoms with Crippen LogP contribution in [-0.2, 0) is 6.61 Å². The second-order valence-electron chi connectivity index (χ2n) is 6.12. The largest absolute Gasteiger partial charge is 0.487 e. The van der Waals surface area contributed by atoms with Crippen molar-refractivity contribution in [3.63, 3.8) is 0 Å². The van der Waals surface area contributed by atoms with Crippen LogP contribution in [0.15, 0.2) is 60.7 Å². The highest BCUT2D eigenvalue weighted by atomic mass is 16.5. The second kappa shape index (κ2) is 6.41. The molecule has 1 heterocycles. The number of aromatic nitrogens is 1. The molecule has 4 rings (SSSR count). The van der Waals surface area contributed by atoms with E-state index in [1.54, 1.807) is 5.92 Å². The molecule has 1 aromatic heterocycles. The number of pyridine rings is 1. The molecule has 3 aromatic rings. The Morgan fingerprint density at radius 3 is 2.43 bits per heavy atom. The SMILES string of the molecule is c1ccc2nc(COc3ccc([C]4CCCC4)cc3)ccc2c1. The fraction of sp³-hybridized carbons (Fsp3) is 0.238. The van der Waals surface area contributed by atoms with Crippen molar-refractivity contribution in [2.24, 2.45) is 0 Å². The molecule has 1 aliphatic rings. The smallest absolute Gasteiger partial charge is 0.130 e. The summed E-state index contributed by atoms with van der Waals surface area (Å²) >= 11 is 0. The Bertz CT molecular complexity index is 788. The van der Waals surface area contributed by atoms with Crippen molar-refractivity contribution in [1.82, 2.24) is 4.98 Å². The number of rotatable bonds is 4. The summed E-state index contributed by atoms with van der Waals surface area (Å²) in [5.41, 5.74) is 3.35. The van der Waals surface area contributed by atoms with Crippen molar-refractivity contribution in [2.75, 3.05) is 0 Å². The summed E-state index contributed by atoms with van der Waals surface area (Å²) in [4.78, 5) is 4.64. The van der Waals surface area contributed by atoms with E-state index in [-0.39, 0.29) is 0 Å². The van der Waals surface area contributed by atoms with Gasteiger partial charge in [-0.15, -0.1) is 0 Å². The van der Waals surface area contributed by atoms with Gasteiger partial charge >= 0.3 is 0 Å². The van der Waals surface area contributed by atoms with Gasteiger partial charge in [-0.25, -0.2) is 4.98 Å². The molecule has 0 spiro atoms. The van der Waals surface area contributed by atoms with E-state index in [4.69, 9.17) is 4.74 Å². The van der Waals surface area contributed by atoms with Crippen molar-refractivity contribution in [3.8, 4) is 5.75 Å². The first kappa shape index (κ1) is 14.3. The lowest BCUT2D eigenvalue weighted by Gasteiger charge is -2.10. The van der Waals surface area contributed by atoms with Crippen LogP contribution >= 0.6 is 0 Å². The van der Waals surface area contributed by atoms with Crippen molar-refractivity contribution in [2.45, 2.75) is 32.3 Å². The van der Waals surface area contributed by atoms with Gasteiger partial charge < -0.3 is 4.74 Å². The van der Waals surface area contributed by atoms with Crippen LogP contribution in [0, 0.1) is 5.92 Å². The lowest BCUT2D eigenvalue weighted by atomic mass is 9.98. The van der Waals surface area contributed by atoms with Crippen LogP contribution in [0.4, 0.5) is 0 Å². The Hall–Kier alpha value is -2.35. The molecule has 0 bridgehead atoms. The predicted octanol–water partition coefficient (Wildman–Crippen LogP) is 5.31. The summed E-state index contributed by atoms with van der Waals surface area (Å²) in [5.74, 6) is 2.50. The van der Waals surface area contributed by atoms with E-state index in [1.165, 1.54) is 31.2 Å². The van der Waals surface area contributed by atoms with Gasteiger partial charge in [0.25, 0.3) is 0 Å². The van der Waals surface area contributed by atoms with Gasteiger partial charge in [0.15, 0.2) is 0 Å². The number of nitrogens with zero attached hydrogens (tertiary/aromatic N) is 1. The molecule has 23 heavy (non-hydrogen) atoms. The van der Waals surface area contributed by atoms with E-state index in [2.05, 4.69) is 41.4 Å². The Morgan fingerprint density at radius 1 is 0.826 bits per heavy atom. The monoisotopic (exact) mass is 302 g/mol. The van der Waals surface area contributed by atoms with Gasteiger partial charge in [-0.2, -0.15) is 0 Å². The zero-order valence-electron chi connectivity index (χ0n) is 13.2. The first-order chi connectivity index (χ1) is 11.4. The van der Waals surface area contributed by atoms with Crippen LogP contribution in [0.25, 0.3) is 10.9 Å². The Morgan fingerprint density at radius 2 is 1.61 bits per heavy atom. The molecule has 0 saturated heterocycles. The maximum atomic E-state index is 5.89. The van der Waals surface area contributed by atoms with Gasteiger partial charge in [0.2, 0.25) is 0 Å². The molecule has 2 aromatic carbocycles. The van der Waals surface area contributed by atoms with Gasteiger partial charge in [0, 0.05) is 11.3 Å². The number of hydrogen-bond acceptors (Lipinski definition) is 2. The number of benzene rings is 2. The molecule has 0 amide bonds. The third kappa shape index (κ3) is 3.21. The molecule has 0 unspecified atom stereocenters. The Balaban J connectivity index is 1.43. The highest BCUT2D eigenvalue weighted by Gasteiger charge is 2.17. The summed E-state index contributed by atoms with van der Waals surface area (Å²) in [6.07, 6.45) is 5.17. The van der Waals surface area contributed by atoms with Gasteiger partial charge in [-0.1, -0.05) is 49.2 Å². The average molecular weight is 302 g/mol. The van der Waals surface area contributed by atoms with Gasteiger partial charge in [0.1, 0.15) is 12.4 Å². The van der Waals surface area contributed by atoms with Crippen molar-refractivity contribution < 1.29 is 4.74 Å². The van der Waals surface area contributed by atoms with E-state index in [0.717, 1.165) is 22.3 Å². The molecular formula is C21H20NO. The molecule has 2 nitrogen and oxygen atoms in total. The Kier molecular flexibility index (Phi) is 3.97. The van der Waals surface area contributed by atoms with Crippen LogP contribution < -0.4 is 4.74 Å². The molecule has 1 radical (unpaired) electrons. The van der Waals surface area contributed by atoms with Gasteiger partial charge in [-0.05, 0) is 42.7 Å². The lowest BCUT2D eigenvalue weighted by molar-refractivity contribution is 0.302. The Labute approximate surface area is 137 Å². The van der Waals surface area contributed by atoms with E-state index < -0.39 is 0 Å². The predicted molar refractivity (Wildman–Crippen MR) is 93.3 cm³/mol. The van der Waals surface area contributed by atoms with E-state index in [0.29, 0.717) is 6.61 Å². The molecule has 0 atom stereocenters. The summed E-state index contributed by atoms with van der Waals surface area (Å²) < 4.78 is 5.89. The maximum Gasteiger partial charge on any atom is 0.130 e. The highest BCUT2D eigenvalue weighted by Crippen LogP contribution is 2.33. The fourth-order valence-electron chi connectivity index (χ4n) is 3.22. The molecule has 2 heteroatoms. The molecule has 1 aliphatic carbocycles. The standard InChI is InChI=1S/C21H20NO/c1-2-6-16(5-1)17-10-13-20(14-11-17)23-15-19-12-9-18-7-3-4-8-21(18)22-19/h3-4,7-14H,1-2,5-6,15H2. The van der Waals surface area contributed by atoms with E-state index in [1.807, 2.05) is 24.3 Å². The molecular weight excluding hydrogens is 282 g/mol. The second-order valence-corrected chi connectivity index (χ2v) is 6.12. The number of hydrogen-bond donors (Lipinski definition) is 0. The van der Waals surface area contributed by atoms with Gasteiger partial charge in [0.05, 0.1) is 11.2 Å². The van der Waals surface area contributed by atoms with Crippen LogP contribution in [0.5, 0.6) is 5.75 Å². The van der Waals surface area contributed by atoms with E-state index >= 15 is 0 Å². The molecule has 1 saturated carbocycles. The quantitative estimate of drug-likeness (QED) is 0.651. The summed E-state index contributed by atoms with van der Waals surface area (Å²) in [6, 6.07) is 20.8. The number of para-hydroxylation sites is 1. The zero-order valence-corrected chi connectivity index (χ0v) is 13.2. The topological polar surface area (TPSA) is 22.1 Å². The van der Waals surface area contributed by atoms with Crippen LogP contribution in [0.3, 0.4) is 0 Å². The minimum Gasteiger partial charge on any atom is -0.487 e. The van der Waals surface area contributed by atoms with Crippen molar-refractivity contribution >= 4 is 10.9 Å². The summed E-state index contributed by atoms with van der Waals surface area (Å²) in [5, 5.41) is 1.16. The first-order valence-electron chi connectivity index (χ1n) is 8.31. The zero-order chi connectivity index (χ0) is 15.5. The van der Waals surface area contributed by atoms with Gasteiger partial charge in [-0.3, -0.25) is 0 Å². The number of fused-ring (bicyclic) bond motifs is 1. The molecule has 115 valence electrons. The summed E-state index contributed by atoms with van der Waals surface area (Å²) in [6.45, 7) is 0.501. The fourth-order valence-corrected chi connectivity index (χ4v) is 3.22. The molecule has 0 aliphatic heterocycles. The minimum atomic E-state index is 0.501.